The van der Waals surface area contributed by atoms with Crippen molar-refractivity contribution in [2.45, 2.75) is 61.0 Å². The second kappa shape index (κ2) is 14.5. The molecule has 1 heterocycles. The van der Waals surface area contributed by atoms with Gasteiger partial charge in [0.2, 0.25) is 15.9 Å². The number of benzene rings is 3. The van der Waals surface area contributed by atoms with Gasteiger partial charge in [0.25, 0.3) is 0 Å². The minimum absolute atomic E-state index is 0.0673. The van der Waals surface area contributed by atoms with Crippen LogP contribution in [-0.4, -0.2) is 67.6 Å². The maximum Gasteiger partial charge on any atom is 0.405 e. The molecule has 1 aliphatic heterocycles. The molecule has 4 atom stereocenters. The third-order valence-corrected chi connectivity index (χ3v) is 10.8. The zero-order chi connectivity index (χ0) is 32.0. The Kier molecular flexibility index (Phi) is 10.5. The summed E-state index contributed by atoms with van der Waals surface area (Å²) in [4.78, 5) is 26.0. The van der Waals surface area contributed by atoms with Crippen molar-refractivity contribution in [1.29, 1.82) is 0 Å². The van der Waals surface area contributed by atoms with Crippen LogP contribution in [-0.2, 0) is 14.8 Å². The van der Waals surface area contributed by atoms with E-state index < -0.39 is 45.6 Å². The van der Waals surface area contributed by atoms with E-state index in [0.717, 1.165) is 12.8 Å². The summed E-state index contributed by atoms with van der Waals surface area (Å²) >= 11 is 0. The molecule has 0 bridgehead atoms. The predicted octanol–water partition coefficient (Wildman–Crippen LogP) is 4.46. The number of nitrogens with one attached hydrogen (secondary N) is 3. The second-order valence-electron chi connectivity index (χ2n) is 11.7. The average Bonchev–Trinajstić information content (AvgIpc) is 3.48. The van der Waals surface area contributed by atoms with Crippen LogP contribution >= 0.6 is 0 Å². The molecule has 2 amide bonds. The van der Waals surface area contributed by atoms with Gasteiger partial charge in [-0.05, 0) is 79.1 Å². The molecule has 45 heavy (non-hydrogen) atoms. The van der Waals surface area contributed by atoms with Crippen LogP contribution in [0.3, 0.4) is 0 Å². The number of hydrogen-bond donors (Lipinski definition) is 4. The standard InChI is InChI=1S/C33H38F2N4O5S/c34-25-14-9-23(10-15-25)30(24-11-16-26(35)17-12-24)31(38-33(41)42)32(40)37-29-8-4-5-22(29)13-18-27-21-36-19-20-39(27)45(43,44)28-6-2-1-3-7-28/h1-3,6-7,9-12,14-17,22,27,29-31,36,38H,4-5,8,13,18-21H2,(H,37,40)(H,41,42)/t22-,27+,29+,31+/m1/s1. The summed E-state index contributed by atoms with van der Waals surface area (Å²) < 4.78 is 56.1. The summed E-state index contributed by atoms with van der Waals surface area (Å²) in [5.41, 5.74) is 0.980. The molecule has 1 aliphatic carbocycles. The van der Waals surface area contributed by atoms with Gasteiger partial charge < -0.3 is 21.1 Å². The number of amides is 2. The molecule has 2 fully saturated rings. The van der Waals surface area contributed by atoms with E-state index in [1.807, 2.05) is 0 Å². The van der Waals surface area contributed by atoms with Crippen molar-refractivity contribution >= 4 is 22.0 Å². The van der Waals surface area contributed by atoms with Crippen LogP contribution in [0.4, 0.5) is 13.6 Å². The summed E-state index contributed by atoms with van der Waals surface area (Å²) in [5.74, 6) is -2.30. The summed E-state index contributed by atoms with van der Waals surface area (Å²) in [6.45, 7) is 1.45. The van der Waals surface area contributed by atoms with E-state index in [9.17, 15) is 31.9 Å². The van der Waals surface area contributed by atoms with Gasteiger partial charge in [-0.2, -0.15) is 4.31 Å². The number of carboxylic acid groups (broad SMARTS) is 1. The molecule has 5 rings (SSSR count). The van der Waals surface area contributed by atoms with Gasteiger partial charge in [-0.3, -0.25) is 4.79 Å². The van der Waals surface area contributed by atoms with E-state index in [1.165, 1.54) is 48.5 Å². The van der Waals surface area contributed by atoms with Crippen molar-refractivity contribution in [1.82, 2.24) is 20.3 Å². The lowest BCUT2D eigenvalue weighted by Crippen LogP contribution is -2.54. The minimum Gasteiger partial charge on any atom is -0.465 e. The smallest absolute Gasteiger partial charge is 0.405 e. The SMILES string of the molecule is O=C(O)N[C@H](C(=O)N[C@H]1CCC[C@@H]1CC[C@H]1CNCCN1S(=O)(=O)c1ccccc1)C(c1ccc(F)cc1)c1ccc(F)cc1. The van der Waals surface area contributed by atoms with Crippen molar-refractivity contribution in [3.05, 3.63) is 102 Å². The van der Waals surface area contributed by atoms with E-state index in [-0.39, 0.29) is 22.9 Å². The first-order valence-electron chi connectivity index (χ1n) is 15.2. The van der Waals surface area contributed by atoms with Gasteiger partial charge in [0, 0.05) is 37.6 Å². The third kappa shape index (κ3) is 7.86. The first kappa shape index (κ1) is 32.5. The first-order chi connectivity index (χ1) is 21.6. The van der Waals surface area contributed by atoms with Gasteiger partial charge in [-0.15, -0.1) is 0 Å². The Morgan fingerprint density at radius 2 is 1.53 bits per heavy atom. The van der Waals surface area contributed by atoms with Gasteiger partial charge in [0.1, 0.15) is 17.7 Å². The molecule has 3 aromatic rings. The molecular formula is C33H38F2N4O5S. The van der Waals surface area contributed by atoms with Gasteiger partial charge >= 0.3 is 6.09 Å². The fraction of sp³-hybridized carbons (Fsp3) is 0.394. The molecule has 12 heteroatoms. The van der Waals surface area contributed by atoms with Crippen LogP contribution in [0.25, 0.3) is 0 Å². The van der Waals surface area contributed by atoms with E-state index in [2.05, 4.69) is 16.0 Å². The molecule has 1 saturated carbocycles. The summed E-state index contributed by atoms with van der Waals surface area (Å²) in [7, 11) is -3.67. The van der Waals surface area contributed by atoms with Gasteiger partial charge in [0.15, 0.2) is 0 Å². The Balaban J connectivity index is 1.32. The lowest BCUT2D eigenvalue weighted by molar-refractivity contribution is -0.124. The highest BCUT2D eigenvalue weighted by atomic mass is 32.2. The average molecular weight is 641 g/mol. The molecule has 0 unspecified atom stereocenters. The highest BCUT2D eigenvalue weighted by Crippen LogP contribution is 2.33. The predicted molar refractivity (Wildman–Crippen MR) is 165 cm³/mol. The molecule has 240 valence electrons. The molecule has 3 aromatic carbocycles. The topological polar surface area (TPSA) is 128 Å². The van der Waals surface area contributed by atoms with Crippen LogP contribution in [0.5, 0.6) is 0 Å². The fourth-order valence-corrected chi connectivity index (χ4v) is 8.31. The quantitative estimate of drug-likeness (QED) is 0.245. The van der Waals surface area contributed by atoms with Gasteiger partial charge in [-0.1, -0.05) is 48.9 Å². The molecule has 4 N–H and O–H groups in total. The van der Waals surface area contributed by atoms with E-state index >= 15 is 0 Å². The van der Waals surface area contributed by atoms with Crippen LogP contribution in [0.2, 0.25) is 0 Å². The van der Waals surface area contributed by atoms with Crippen molar-refractivity contribution in [2.75, 3.05) is 19.6 Å². The number of carbonyl (C=O) groups is 2. The lowest BCUT2D eigenvalue weighted by Gasteiger charge is -2.36. The van der Waals surface area contributed by atoms with E-state index in [1.54, 1.807) is 34.6 Å². The minimum atomic E-state index is -3.67. The summed E-state index contributed by atoms with van der Waals surface area (Å²) in [6, 6.07) is 17.5. The number of hydrogen-bond acceptors (Lipinski definition) is 5. The number of piperazine rings is 1. The van der Waals surface area contributed by atoms with E-state index in [0.29, 0.717) is 50.0 Å². The van der Waals surface area contributed by atoms with Gasteiger partial charge in [-0.25, -0.2) is 22.0 Å². The van der Waals surface area contributed by atoms with Crippen LogP contribution in [0, 0.1) is 17.6 Å². The van der Waals surface area contributed by atoms with Crippen LogP contribution < -0.4 is 16.0 Å². The number of rotatable bonds is 11. The second-order valence-corrected chi connectivity index (χ2v) is 13.6. The molecule has 2 aliphatic rings. The largest absolute Gasteiger partial charge is 0.465 e. The molecule has 0 aromatic heterocycles. The number of carbonyl (C=O) groups excluding carboxylic acids is 1. The van der Waals surface area contributed by atoms with E-state index in [4.69, 9.17) is 0 Å². The Bertz CT molecular complexity index is 1510. The maximum atomic E-state index is 13.9. The molecule has 9 nitrogen and oxygen atoms in total. The fourth-order valence-electron chi connectivity index (χ4n) is 6.63. The van der Waals surface area contributed by atoms with Crippen molar-refractivity contribution in [3.63, 3.8) is 0 Å². The molecule has 1 saturated heterocycles. The third-order valence-electron chi connectivity index (χ3n) is 8.86. The highest BCUT2D eigenvalue weighted by Gasteiger charge is 2.38. The Morgan fingerprint density at radius 1 is 0.911 bits per heavy atom. The number of sulfonamides is 1. The Labute approximate surface area is 262 Å². The molecule has 0 spiro atoms. The van der Waals surface area contributed by atoms with Crippen molar-refractivity contribution in [2.24, 2.45) is 5.92 Å². The Morgan fingerprint density at radius 3 is 2.13 bits per heavy atom. The first-order valence-corrected chi connectivity index (χ1v) is 16.7. The lowest BCUT2D eigenvalue weighted by atomic mass is 9.84. The summed E-state index contributed by atoms with van der Waals surface area (Å²) in [5, 5.41) is 18.4. The van der Waals surface area contributed by atoms with Crippen molar-refractivity contribution in [3.8, 4) is 0 Å². The zero-order valence-electron chi connectivity index (χ0n) is 24.7. The normalized spacial score (nSPS) is 21.4. The maximum absolute atomic E-state index is 13.9. The Hall–Kier alpha value is -3.87. The monoisotopic (exact) mass is 640 g/mol. The number of nitrogens with zero attached hydrogens (tertiary/aromatic N) is 1. The summed E-state index contributed by atoms with van der Waals surface area (Å²) in [6.07, 6.45) is 2.27. The zero-order valence-corrected chi connectivity index (χ0v) is 25.6. The molecule has 0 radical (unpaired) electrons. The van der Waals surface area contributed by atoms with Crippen LogP contribution in [0.15, 0.2) is 83.8 Å². The molecular weight excluding hydrogens is 602 g/mol. The number of halogens is 2. The van der Waals surface area contributed by atoms with Gasteiger partial charge in [0.05, 0.1) is 4.90 Å². The van der Waals surface area contributed by atoms with Crippen molar-refractivity contribution < 1.29 is 31.9 Å². The highest BCUT2D eigenvalue weighted by molar-refractivity contribution is 7.89. The van der Waals surface area contributed by atoms with Crippen LogP contribution in [0.1, 0.15) is 49.1 Å².